The first-order valence-electron chi connectivity index (χ1n) is 7.14. The number of halogens is 1. The zero-order chi connectivity index (χ0) is 17.4. The van der Waals surface area contributed by atoms with Gasteiger partial charge in [-0.15, -0.1) is 0 Å². The van der Waals surface area contributed by atoms with Gasteiger partial charge in [-0.1, -0.05) is 0 Å². The molecule has 0 saturated heterocycles. The van der Waals surface area contributed by atoms with E-state index in [2.05, 4.69) is 25.0 Å². The Bertz CT molecular complexity index is 1100. The molecule has 4 aromatic rings. The minimum Gasteiger partial charge on any atom is -0.603 e. The van der Waals surface area contributed by atoms with Crippen molar-refractivity contribution in [2.24, 2.45) is 4.99 Å². The van der Waals surface area contributed by atoms with E-state index < -0.39 is 11.9 Å². The first-order chi connectivity index (χ1) is 12.1. The molecule has 126 valence electrons. The van der Waals surface area contributed by atoms with Gasteiger partial charge < -0.3 is 18.7 Å². The van der Waals surface area contributed by atoms with Crippen molar-refractivity contribution in [3.8, 4) is 0 Å². The average Bonchev–Trinajstić information content (AvgIpc) is 3.16. The predicted molar refractivity (Wildman–Crippen MR) is 85.4 cm³/mol. The normalized spacial score (nSPS) is 12.0. The van der Waals surface area contributed by atoms with Crippen LogP contribution in [0.3, 0.4) is 0 Å². The van der Waals surface area contributed by atoms with E-state index in [1.807, 2.05) is 0 Å². The van der Waals surface area contributed by atoms with Gasteiger partial charge in [0.05, 0.1) is 5.69 Å². The monoisotopic (exact) mass is 341 g/mol. The van der Waals surface area contributed by atoms with E-state index in [9.17, 15) is 9.50 Å². The van der Waals surface area contributed by atoms with Gasteiger partial charge in [0.2, 0.25) is 0 Å². The molecule has 2 aromatic heterocycles. The van der Waals surface area contributed by atoms with Gasteiger partial charge in [0.15, 0.2) is 17.2 Å². The Morgan fingerprint density at radius 3 is 2.40 bits per heavy atom. The van der Waals surface area contributed by atoms with Crippen molar-refractivity contribution in [3.63, 3.8) is 0 Å². The number of hydrogen-bond donors (Lipinski definition) is 1. The molecule has 25 heavy (non-hydrogen) atoms. The summed E-state index contributed by atoms with van der Waals surface area (Å²) >= 11 is 0. The molecule has 0 amide bonds. The molecule has 8 nitrogen and oxygen atoms in total. The molecule has 2 heterocycles. The zero-order valence-electron chi connectivity index (χ0n) is 12.8. The number of nitrogens with one attached hydrogen (secondary N) is 1. The number of fused-ring (bicyclic) bond motifs is 2. The van der Waals surface area contributed by atoms with E-state index in [4.69, 9.17) is 8.83 Å². The number of nitrogens with zero attached hydrogens (tertiary/aromatic N) is 3. The highest BCUT2D eigenvalue weighted by Gasteiger charge is 2.11. The maximum Gasteiger partial charge on any atom is 0.303 e. The molecule has 0 fully saturated rings. The van der Waals surface area contributed by atoms with Gasteiger partial charge in [0, 0.05) is 6.07 Å². The summed E-state index contributed by atoms with van der Waals surface area (Å²) < 4.78 is 28.6. The minimum atomic E-state index is -0.708. The molecule has 2 aromatic carbocycles. The molecule has 4 rings (SSSR count). The van der Waals surface area contributed by atoms with Crippen molar-refractivity contribution < 1.29 is 23.1 Å². The van der Waals surface area contributed by atoms with Crippen LogP contribution in [0.4, 0.5) is 22.1 Å². The summed E-state index contributed by atoms with van der Waals surface area (Å²) in [5, 5.41) is 14.0. The topological polar surface area (TPSA) is 109 Å². The van der Waals surface area contributed by atoms with Crippen LogP contribution in [0.25, 0.3) is 22.2 Å². The molecule has 0 aliphatic carbocycles. The smallest absolute Gasteiger partial charge is 0.303 e. The van der Waals surface area contributed by atoms with Crippen molar-refractivity contribution in [1.82, 2.24) is 9.97 Å². The molecule has 0 aliphatic rings. The second-order valence-electron chi connectivity index (χ2n) is 5.01. The molecule has 0 unspecified atom stereocenters. The summed E-state index contributed by atoms with van der Waals surface area (Å²) in [6, 6.07) is 9.06. The van der Waals surface area contributed by atoms with Crippen molar-refractivity contribution in [2.75, 3.05) is 12.4 Å². The number of aliphatic imine (C=N–C) groups is 1. The largest absolute Gasteiger partial charge is 0.603 e. The van der Waals surface area contributed by atoms with Crippen LogP contribution < -0.4 is 10.4 Å². The summed E-state index contributed by atoms with van der Waals surface area (Å²) in [4.78, 5) is 12.1. The van der Waals surface area contributed by atoms with E-state index in [-0.39, 0.29) is 12.0 Å². The minimum absolute atomic E-state index is 0.117. The Labute approximate surface area is 139 Å². The Hall–Kier alpha value is -3.62. The van der Waals surface area contributed by atoms with E-state index in [1.54, 1.807) is 18.2 Å². The lowest BCUT2D eigenvalue weighted by Gasteiger charge is -2.05. The Morgan fingerprint density at radius 2 is 1.72 bits per heavy atom. The highest BCUT2D eigenvalue weighted by atomic mass is 19.1. The summed E-state index contributed by atoms with van der Waals surface area (Å²) in [6.07, 6.45) is -0.708. The van der Waals surface area contributed by atoms with Gasteiger partial charge in [-0.2, -0.15) is 9.97 Å². The summed E-state index contributed by atoms with van der Waals surface area (Å²) in [7, 11) is 1.24. The molecule has 0 spiro atoms. The summed E-state index contributed by atoms with van der Waals surface area (Å²) in [5.41, 5.74) is 2.15. The van der Waals surface area contributed by atoms with Crippen molar-refractivity contribution in [3.05, 3.63) is 42.2 Å². The van der Waals surface area contributed by atoms with E-state index in [0.29, 0.717) is 27.9 Å². The molecule has 0 radical (unpaired) electrons. The van der Waals surface area contributed by atoms with Crippen LogP contribution in [0.15, 0.2) is 50.2 Å². The highest BCUT2D eigenvalue weighted by Crippen LogP contribution is 2.27. The van der Waals surface area contributed by atoms with Gasteiger partial charge in [0.1, 0.15) is 16.9 Å². The number of rotatable bonds is 3. The van der Waals surface area contributed by atoms with Crippen molar-refractivity contribution in [1.29, 1.82) is 0 Å². The number of benzene rings is 2. The van der Waals surface area contributed by atoms with Crippen LogP contribution in [0.2, 0.25) is 0 Å². The van der Waals surface area contributed by atoms with Crippen LogP contribution in [0.5, 0.6) is 0 Å². The fourth-order valence-electron chi connectivity index (χ4n) is 2.24. The molecule has 9 heteroatoms. The molecule has 0 saturated carbocycles. The Morgan fingerprint density at radius 1 is 1.08 bits per heavy atom. The first-order valence-corrected chi connectivity index (χ1v) is 7.14. The van der Waals surface area contributed by atoms with Crippen LogP contribution in [0, 0.1) is 5.82 Å². The number of ether oxygens (including phenoxy) is 1. The third-order valence-electron chi connectivity index (χ3n) is 3.33. The lowest BCUT2D eigenvalue weighted by molar-refractivity contribution is -0.247. The van der Waals surface area contributed by atoms with E-state index in [0.717, 1.165) is 0 Å². The second kappa shape index (κ2) is 5.78. The summed E-state index contributed by atoms with van der Waals surface area (Å²) in [5.74, 6) is -0.406. The van der Waals surface area contributed by atoms with Gasteiger partial charge in [0.25, 0.3) is 0 Å². The van der Waals surface area contributed by atoms with Crippen LogP contribution in [-0.2, 0) is 4.74 Å². The Kier molecular flexibility index (Phi) is 3.46. The summed E-state index contributed by atoms with van der Waals surface area (Å²) in [6.45, 7) is 0. The number of aromatic nitrogens is 2. The van der Waals surface area contributed by atoms with Gasteiger partial charge in [-0.3, -0.25) is 5.32 Å². The fourth-order valence-corrected chi connectivity index (χ4v) is 2.24. The van der Waals surface area contributed by atoms with Gasteiger partial charge in [-0.05, 0) is 37.4 Å². The van der Waals surface area contributed by atoms with Crippen LogP contribution in [0.1, 0.15) is 0 Å². The lowest BCUT2D eigenvalue weighted by atomic mass is 10.3. The quantitative estimate of drug-likeness (QED) is 0.451. The predicted octanol–water partition coefficient (Wildman–Crippen LogP) is 2.85. The molecule has 1 N–H and O–H groups in total. The SMILES string of the molecule is COC([O-])=Nc1ccc2oc(Nc3nc4cc(F)ccc4o3)nc2c1. The first kappa shape index (κ1) is 14.9. The van der Waals surface area contributed by atoms with Crippen molar-refractivity contribution >= 4 is 46.0 Å². The molecular formula is C16H10FN4O4-. The lowest BCUT2D eigenvalue weighted by Crippen LogP contribution is -2.18. The van der Waals surface area contributed by atoms with Crippen LogP contribution in [-0.4, -0.2) is 23.2 Å². The number of oxazole rings is 2. The maximum atomic E-state index is 13.2. The van der Waals surface area contributed by atoms with E-state index in [1.165, 1.54) is 25.3 Å². The van der Waals surface area contributed by atoms with Crippen molar-refractivity contribution in [2.45, 2.75) is 0 Å². The highest BCUT2D eigenvalue weighted by molar-refractivity contribution is 5.80. The number of anilines is 2. The van der Waals surface area contributed by atoms with E-state index >= 15 is 0 Å². The molecular weight excluding hydrogens is 331 g/mol. The standard InChI is InChI=1S/C16H11FN4O4/c1-23-16(22)18-9-3-5-13-11(7-9)20-15(25-13)21-14-19-10-6-8(17)2-4-12(10)24-14/h2-7H,1H3,(H,18,22)(H,19,20,21)/p-1. The van der Waals surface area contributed by atoms with Crippen LogP contribution >= 0.6 is 0 Å². The average molecular weight is 341 g/mol. The molecule has 0 atom stereocenters. The van der Waals surface area contributed by atoms with Gasteiger partial charge >= 0.3 is 12.0 Å². The molecule has 0 aliphatic heterocycles. The third kappa shape index (κ3) is 2.94. The maximum absolute atomic E-state index is 13.2. The number of hydrogen-bond acceptors (Lipinski definition) is 8. The molecule has 0 bridgehead atoms. The second-order valence-corrected chi connectivity index (χ2v) is 5.01. The van der Waals surface area contributed by atoms with Gasteiger partial charge in [-0.25, -0.2) is 9.38 Å². The number of methoxy groups -OCH3 is 1. The zero-order valence-corrected chi connectivity index (χ0v) is 12.8. The fraction of sp³-hybridized carbons (Fsp3) is 0.0625. The third-order valence-corrected chi connectivity index (χ3v) is 3.33. The Balaban J connectivity index is 1.64.